The molecule has 3 aromatic rings. The molecule has 1 atom stereocenters. The van der Waals surface area contributed by atoms with Crippen LogP contribution in [0.5, 0.6) is 0 Å². The number of imidazole rings is 1. The predicted octanol–water partition coefficient (Wildman–Crippen LogP) is 4.13. The lowest BCUT2D eigenvalue weighted by atomic mass is 10.1. The van der Waals surface area contributed by atoms with Crippen molar-refractivity contribution in [1.29, 1.82) is 0 Å². The minimum atomic E-state index is -0.147. The minimum Gasteiger partial charge on any atom is -0.348 e. The Hall–Kier alpha value is -2.33. The van der Waals surface area contributed by atoms with Crippen molar-refractivity contribution >= 4 is 28.5 Å². The maximum atomic E-state index is 12.5. The summed E-state index contributed by atoms with van der Waals surface area (Å²) in [7, 11) is 0. The average Bonchev–Trinajstić information content (AvgIpc) is 2.93. The normalized spacial score (nSPS) is 12.3. The molecule has 0 bridgehead atoms. The Morgan fingerprint density at radius 1 is 1.21 bits per heavy atom. The van der Waals surface area contributed by atoms with E-state index in [4.69, 9.17) is 11.6 Å². The molecule has 0 aliphatic carbocycles. The Morgan fingerprint density at radius 3 is 2.67 bits per heavy atom. The van der Waals surface area contributed by atoms with Gasteiger partial charge in [-0.3, -0.25) is 4.79 Å². The number of fused-ring (bicyclic) bond motifs is 1. The zero-order valence-electron chi connectivity index (χ0n) is 13.8. The van der Waals surface area contributed by atoms with E-state index in [1.54, 1.807) is 0 Å². The van der Waals surface area contributed by atoms with Gasteiger partial charge >= 0.3 is 0 Å². The van der Waals surface area contributed by atoms with E-state index < -0.39 is 0 Å². The average molecular weight is 342 g/mol. The third-order valence-electron chi connectivity index (χ3n) is 4.10. The molecule has 1 heterocycles. The molecule has 1 N–H and O–H groups in total. The van der Waals surface area contributed by atoms with Gasteiger partial charge in [-0.1, -0.05) is 48.9 Å². The van der Waals surface area contributed by atoms with Crippen LogP contribution in [0.25, 0.3) is 11.0 Å². The van der Waals surface area contributed by atoms with E-state index in [1.165, 1.54) is 0 Å². The second kappa shape index (κ2) is 7.05. The van der Waals surface area contributed by atoms with E-state index in [0.717, 1.165) is 28.8 Å². The van der Waals surface area contributed by atoms with E-state index in [1.807, 2.05) is 66.9 Å². The first-order valence-corrected chi connectivity index (χ1v) is 8.46. The van der Waals surface area contributed by atoms with Crippen LogP contribution in [0.2, 0.25) is 5.02 Å². The zero-order chi connectivity index (χ0) is 17.1. The van der Waals surface area contributed by atoms with Gasteiger partial charge in [-0.25, -0.2) is 4.98 Å². The van der Waals surface area contributed by atoms with E-state index in [9.17, 15) is 4.79 Å². The molecule has 5 heteroatoms. The van der Waals surface area contributed by atoms with Gasteiger partial charge in [0.05, 0.1) is 17.1 Å². The van der Waals surface area contributed by atoms with Crippen molar-refractivity contribution in [2.45, 2.75) is 32.9 Å². The lowest BCUT2D eigenvalue weighted by Gasteiger charge is -2.16. The van der Waals surface area contributed by atoms with Crippen LogP contribution >= 0.6 is 11.6 Å². The summed E-state index contributed by atoms with van der Waals surface area (Å²) >= 11 is 6.20. The maximum absolute atomic E-state index is 12.5. The first-order chi connectivity index (χ1) is 11.6. The van der Waals surface area contributed by atoms with Crippen molar-refractivity contribution in [2.75, 3.05) is 0 Å². The van der Waals surface area contributed by atoms with Crippen LogP contribution in [-0.2, 0) is 17.8 Å². The van der Waals surface area contributed by atoms with E-state index in [2.05, 4.69) is 10.3 Å². The molecule has 0 radical (unpaired) electrons. The molecule has 0 fully saturated rings. The van der Waals surface area contributed by atoms with Crippen LogP contribution < -0.4 is 5.32 Å². The molecule has 3 rings (SSSR count). The summed E-state index contributed by atoms with van der Waals surface area (Å²) in [6, 6.07) is 15.3. The van der Waals surface area contributed by atoms with Crippen molar-refractivity contribution in [2.24, 2.45) is 0 Å². The maximum Gasteiger partial charge on any atom is 0.240 e. The number of halogens is 1. The summed E-state index contributed by atoms with van der Waals surface area (Å²) in [4.78, 5) is 17.1. The lowest BCUT2D eigenvalue weighted by Crippen LogP contribution is -2.30. The van der Waals surface area contributed by atoms with Gasteiger partial charge in [-0.2, -0.15) is 0 Å². The second-order valence-corrected chi connectivity index (χ2v) is 6.17. The number of para-hydroxylation sites is 2. The quantitative estimate of drug-likeness (QED) is 0.758. The molecule has 1 unspecified atom stereocenters. The highest BCUT2D eigenvalue weighted by Crippen LogP contribution is 2.22. The molecule has 1 amide bonds. The molecule has 0 saturated carbocycles. The van der Waals surface area contributed by atoms with Crippen LogP contribution in [0.4, 0.5) is 0 Å². The van der Waals surface area contributed by atoms with E-state index in [-0.39, 0.29) is 18.5 Å². The van der Waals surface area contributed by atoms with Gasteiger partial charge in [0, 0.05) is 11.4 Å². The van der Waals surface area contributed by atoms with Crippen molar-refractivity contribution in [1.82, 2.24) is 14.9 Å². The number of carbonyl (C=O) groups excluding carboxylic acids is 1. The Bertz CT molecular complexity index is 872. The molecular weight excluding hydrogens is 322 g/mol. The third-order valence-corrected chi connectivity index (χ3v) is 4.44. The predicted molar refractivity (Wildman–Crippen MR) is 97.1 cm³/mol. The number of amides is 1. The van der Waals surface area contributed by atoms with Gasteiger partial charge in [0.15, 0.2) is 0 Å². The molecule has 0 aliphatic heterocycles. The summed E-state index contributed by atoms with van der Waals surface area (Å²) in [6.07, 6.45) is 0.780. The van der Waals surface area contributed by atoms with Crippen molar-refractivity contribution in [3.05, 3.63) is 64.9 Å². The van der Waals surface area contributed by atoms with Crippen LogP contribution in [0.15, 0.2) is 48.5 Å². The highest BCUT2D eigenvalue weighted by molar-refractivity contribution is 6.31. The fourth-order valence-corrected chi connectivity index (χ4v) is 3.21. The molecule has 1 aromatic heterocycles. The summed E-state index contributed by atoms with van der Waals surface area (Å²) in [5, 5.41) is 3.68. The number of nitrogens with zero attached hydrogens (tertiary/aromatic N) is 2. The molecule has 4 nitrogen and oxygen atoms in total. The molecule has 0 spiro atoms. The Morgan fingerprint density at radius 2 is 1.92 bits per heavy atom. The molecule has 2 aromatic carbocycles. The Balaban J connectivity index is 1.79. The number of aryl methyl sites for hydroxylation is 1. The summed E-state index contributed by atoms with van der Waals surface area (Å²) < 4.78 is 1.98. The number of nitrogens with one attached hydrogen (secondary N) is 1. The fraction of sp³-hybridized carbons (Fsp3) is 0.263. The molecule has 0 aliphatic rings. The van der Waals surface area contributed by atoms with Gasteiger partial charge < -0.3 is 9.88 Å². The second-order valence-electron chi connectivity index (χ2n) is 5.77. The Kier molecular flexibility index (Phi) is 4.86. The van der Waals surface area contributed by atoms with Crippen LogP contribution in [0, 0.1) is 0 Å². The molecule has 24 heavy (non-hydrogen) atoms. The van der Waals surface area contributed by atoms with Crippen LogP contribution in [0.1, 0.15) is 31.3 Å². The van der Waals surface area contributed by atoms with Crippen molar-refractivity contribution < 1.29 is 4.79 Å². The first-order valence-electron chi connectivity index (χ1n) is 8.08. The van der Waals surface area contributed by atoms with Gasteiger partial charge in [0.25, 0.3) is 0 Å². The monoisotopic (exact) mass is 341 g/mol. The molecular formula is C19H20ClN3O. The van der Waals surface area contributed by atoms with Gasteiger partial charge in [-0.05, 0) is 30.7 Å². The third kappa shape index (κ3) is 3.29. The van der Waals surface area contributed by atoms with Crippen LogP contribution in [-0.4, -0.2) is 15.5 Å². The number of rotatable bonds is 5. The van der Waals surface area contributed by atoms with E-state index >= 15 is 0 Å². The number of hydrogen-bond donors (Lipinski definition) is 1. The van der Waals surface area contributed by atoms with Crippen molar-refractivity contribution in [3.63, 3.8) is 0 Å². The smallest absolute Gasteiger partial charge is 0.240 e. The largest absolute Gasteiger partial charge is 0.348 e. The number of carbonyl (C=O) groups is 1. The number of aromatic nitrogens is 2. The molecule has 0 saturated heterocycles. The topological polar surface area (TPSA) is 46.9 Å². The van der Waals surface area contributed by atoms with Crippen LogP contribution in [0.3, 0.4) is 0 Å². The first kappa shape index (κ1) is 16.5. The fourth-order valence-electron chi connectivity index (χ4n) is 2.91. The van der Waals surface area contributed by atoms with Gasteiger partial charge in [0.1, 0.15) is 12.4 Å². The highest BCUT2D eigenvalue weighted by atomic mass is 35.5. The Labute approximate surface area is 146 Å². The lowest BCUT2D eigenvalue weighted by molar-refractivity contribution is -0.122. The molecule has 124 valence electrons. The zero-order valence-corrected chi connectivity index (χ0v) is 14.5. The number of hydrogen-bond acceptors (Lipinski definition) is 2. The SMILES string of the molecule is CCc1nc2ccccc2n1CC(=O)NC(C)c1ccccc1Cl. The summed E-state index contributed by atoms with van der Waals surface area (Å²) in [5.74, 6) is 0.858. The van der Waals surface area contributed by atoms with E-state index in [0.29, 0.717) is 5.02 Å². The van der Waals surface area contributed by atoms with Gasteiger partial charge in [-0.15, -0.1) is 0 Å². The van der Waals surface area contributed by atoms with Crippen molar-refractivity contribution in [3.8, 4) is 0 Å². The number of benzene rings is 2. The minimum absolute atomic E-state index is 0.0553. The summed E-state index contributed by atoms with van der Waals surface area (Å²) in [6.45, 7) is 4.23. The van der Waals surface area contributed by atoms with Gasteiger partial charge in [0.2, 0.25) is 5.91 Å². The summed E-state index contributed by atoms with van der Waals surface area (Å²) in [5.41, 5.74) is 2.81. The highest BCUT2D eigenvalue weighted by Gasteiger charge is 2.15. The standard InChI is InChI=1S/C19H20ClN3O/c1-3-18-22-16-10-6-7-11-17(16)23(18)12-19(24)21-13(2)14-8-4-5-9-15(14)20/h4-11,13H,3,12H2,1-2H3,(H,21,24).